The molecule has 8 aromatic carbocycles. The number of furan rings is 1. The molecule has 0 amide bonds. The van der Waals surface area contributed by atoms with E-state index in [1.54, 1.807) is 0 Å². The van der Waals surface area contributed by atoms with Crippen LogP contribution in [-0.2, 0) is 5.41 Å². The van der Waals surface area contributed by atoms with E-state index in [1.165, 1.54) is 60.3 Å². The molecule has 0 bridgehead atoms. The molecule has 0 atom stereocenters. The van der Waals surface area contributed by atoms with Crippen molar-refractivity contribution in [3.05, 3.63) is 163 Å². The SMILES string of the molecule is CC1(C)c2ccccc2-c2ccc(-c3cccc4c3oc3c4ccc4c3c3c5ccccc5c5ccccc5c3n4-c3ccccc3)cc21. The Morgan fingerprint density at radius 3 is 1.92 bits per heavy atom. The van der Waals surface area contributed by atoms with Crippen LogP contribution in [0.1, 0.15) is 25.0 Å². The molecule has 0 aliphatic heterocycles. The molecule has 230 valence electrons. The Bertz CT molecular complexity index is 3010. The maximum absolute atomic E-state index is 7.19. The van der Waals surface area contributed by atoms with Crippen molar-refractivity contribution < 1.29 is 4.42 Å². The second kappa shape index (κ2) is 9.49. The Balaban J connectivity index is 1.27. The molecule has 2 heterocycles. The molecule has 0 spiro atoms. The van der Waals surface area contributed by atoms with Crippen LogP contribution in [0.15, 0.2) is 156 Å². The Morgan fingerprint density at radius 2 is 1.08 bits per heavy atom. The number of fused-ring (bicyclic) bond motifs is 15. The summed E-state index contributed by atoms with van der Waals surface area (Å²) in [5, 5.41) is 9.67. The summed E-state index contributed by atoms with van der Waals surface area (Å²) >= 11 is 0. The molecule has 0 fully saturated rings. The lowest BCUT2D eigenvalue weighted by atomic mass is 9.81. The zero-order chi connectivity index (χ0) is 32.4. The molecule has 2 aromatic heterocycles. The van der Waals surface area contributed by atoms with Crippen molar-refractivity contribution in [1.29, 1.82) is 0 Å². The van der Waals surface area contributed by atoms with Gasteiger partial charge in [-0.1, -0.05) is 135 Å². The van der Waals surface area contributed by atoms with Gasteiger partial charge in [0.15, 0.2) is 0 Å². The standard InChI is InChI=1S/C47H31NO/c1-47(2)39-22-11-10-17-33(39)34-24-23-28(27-40(34)47)30-20-12-21-37-38-25-26-41-43(46(38)49-45(30)37)42-35-18-8-6-15-31(35)32-16-7-9-19-36(32)44(42)48(41)29-13-4-3-5-14-29/h3-27H,1-2H3. The quantitative estimate of drug-likeness (QED) is 0.175. The molecule has 0 radical (unpaired) electrons. The third-order valence-corrected chi connectivity index (χ3v) is 11.2. The average Bonchev–Trinajstić information content (AvgIpc) is 3.78. The number of nitrogens with zero attached hydrogens (tertiary/aromatic N) is 1. The summed E-state index contributed by atoms with van der Waals surface area (Å²) in [4.78, 5) is 0. The van der Waals surface area contributed by atoms with Gasteiger partial charge in [-0.15, -0.1) is 0 Å². The lowest BCUT2D eigenvalue weighted by Crippen LogP contribution is -2.14. The molecule has 10 aromatic rings. The van der Waals surface area contributed by atoms with E-state index in [0.717, 1.165) is 44.1 Å². The summed E-state index contributed by atoms with van der Waals surface area (Å²) in [5.74, 6) is 0. The van der Waals surface area contributed by atoms with Crippen molar-refractivity contribution in [3.63, 3.8) is 0 Å². The largest absolute Gasteiger partial charge is 0.455 e. The minimum Gasteiger partial charge on any atom is -0.455 e. The first-order valence-electron chi connectivity index (χ1n) is 17.1. The zero-order valence-electron chi connectivity index (χ0n) is 27.3. The number of hydrogen-bond acceptors (Lipinski definition) is 1. The summed E-state index contributed by atoms with van der Waals surface area (Å²) in [7, 11) is 0. The molecule has 1 aliphatic rings. The minimum absolute atomic E-state index is 0.0705. The van der Waals surface area contributed by atoms with Crippen LogP contribution in [0, 0.1) is 0 Å². The summed E-state index contributed by atoms with van der Waals surface area (Å²) in [6.45, 7) is 4.69. The molecule has 49 heavy (non-hydrogen) atoms. The summed E-state index contributed by atoms with van der Waals surface area (Å²) in [5.41, 5.74) is 13.0. The number of para-hydroxylation sites is 2. The first kappa shape index (κ1) is 26.9. The fourth-order valence-electron chi connectivity index (χ4n) is 8.95. The molecule has 11 rings (SSSR count). The highest BCUT2D eigenvalue weighted by Gasteiger charge is 2.35. The highest BCUT2D eigenvalue weighted by atomic mass is 16.3. The maximum Gasteiger partial charge on any atom is 0.145 e. The van der Waals surface area contributed by atoms with Crippen LogP contribution in [-0.4, -0.2) is 4.57 Å². The molecule has 0 saturated heterocycles. The van der Waals surface area contributed by atoms with E-state index in [0.29, 0.717) is 0 Å². The van der Waals surface area contributed by atoms with Crippen LogP contribution in [0.25, 0.3) is 93.2 Å². The predicted octanol–water partition coefficient (Wildman–Crippen LogP) is 13.0. The number of rotatable bonds is 2. The fourth-order valence-corrected chi connectivity index (χ4v) is 8.95. The second-order valence-corrected chi connectivity index (χ2v) is 14.0. The number of aromatic nitrogens is 1. The number of benzene rings is 8. The third kappa shape index (κ3) is 3.45. The van der Waals surface area contributed by atoms with Crippen LogP contribution in [0.5, 0.6) is 0 Å². The summed E-state index contributed by atoms with van der Waals surface area (Å²) in [6.07, 6.45) is 0. The molecule has 2 heteroatoms. The van der Waals surface area contributed by atoms with Gasteiger partial charge >= 0.3 is 0 Å². The minimum atomic E-state index is -0.0705. The Hall–Kier alpha value is -6.12. The lowest BCUT2D eigenvalue weighted by Gasteiger charge is -2.22. The molecular formula is C47H31NO. The van der Waals surface area contributed by atoms with Gasteiger partial charge in [0.2, 0.25) is 0 Å². The first-order valence-corrected chi connectivity index (χ1v) is 17.1. The molecule has 1 aliphatic carbocycles. The first-order chi connectivity index (χ1) is 24.1. The number of hydrogen-bond donors (Lipinski definition) is 0. The van der Waals surface area contributed by atoms with Crippen molar-refractivity contribution in [3.8, 4) is 27.9 Å². The van der Waals surface area contributed by atoms with Gasteiger partial charge in [0.25, 0.3) is 0 Å². The molecule has 0 N–H and O–H groups in total. The van der Waals surface area contributed by atoms with Crippen LogP contribution in [0.4, 0.5) is 0 Å². The highest BCUT2D eigenvalue weighted by molar-refractivity contribution is 6.36. The monoisotopic (exact) mass is 625 g/mol. The zero-order valence-corrected chi connectivity index (χ0v) is 27.3. The van der Waals surface area contributed by atoms with Crippen molar-refractivity contribution in [2.75, 3.05) is 0 Å². The fraction of sp³-hybridized carbons (Fsp3) is 0.0638. The smallest absolute Gasteiger partial charge is 0.145 e. The Labute approximate surface area is 283 Å². The van der Waals surface area contributed by atoms with Gasteiger partial charge in [-0.2, -0.15) is 0 Å². The van der Waals surface area contributed by atoms with Gasteiger partial charge in [-0.3, -0.25) is 0 Å². The van der Waals surface area contributed by atoms with Gasteiger partial charge in [-0.25, -0.2) is 0 Å². The van der Waals surface area contributed by atoms with Gasteiger partial charge in [-0.05, 0) is 74.3 Å². The van der Waals surface area contributed by atoms with Crippen molar-refractivity contribution >= 4 is 65.3 Å². The highest BCUT2D eigenvalue weighted by Crippen LogP contribution is 2.51. The Morgan fingerprint density at radius 1 is 0.449 bits per heavy atom. The topological polar surface area (TPSA) is 18.1 Å². The van der Waals surface area contributed by atoms with E-state index in [4.69, 9.17) is 4.42 Å². The normalized spacial score (nSPS) is 13.7. The van der Waals surface area contributed by atoms with E-state index in [1.807, 2.05) is 0 Å². The molecular weight excluding hydrogens is 595 g/mol. The van der Waals surface area contributed by atoms with Crippen LogP contribution < -0.4 is 0 Å². The lowest BCUT2D eigenvalue weighted by molar-refractivity contribution is 0.660. The van der Waals surface area contributed by atoms with Crippen molar-refractivity contribution in [1.82, 2.24) is 4.57 Å². The molecule has 0 unspecified atom stereocenters. The van der Waals surface area contributed by atoms with Gasteiger partial charge in [0.1, 0.15) is 11.2 Å². The molecule has 2 nitrogen and oxygen atoms in total. The van der Waals surface area contributed by atoms with E-state index in [2.05, 4.69) is 170 Å². The van der Waals surface area contributed by atoms with Gasteiger partial charge < -0.3 is 8.98 Å². The Kier molecular flexibility index (Phi) is 5.21. The predicted molar refractivity (Wildman–Crippen MR) is 206 cm³/mol. The average molecular weight is 626 g/mol. The van der Waals surface area contributed by atoms with Crippen molar-refractivity contribution in [2.45, 2.75) is 19.3 Å². The molecule has 0 saturated carbocycles. The van der Waals surface area contributed by atoms with E-state index in [9.17, 15) is 0 Å². The van der Waals surface area contributed by atoms with Gasteiger partial charge in [0, 0.05) is 38.2 Å². The second-order valence-electron chi connectivity index (χ2n) is 14.0. The van der Waals surface area contributed by atoms with E-state index < -0.39 is 0 Å². The van der Waals surface area contributed by atoms with E-state index >= 15 is 0 Å². The summed E-state index contributed by atoms with van der Waals surface area (Å²) < 4.78 is 9.63. The van der Waals surface area contributed by atoms with E-state index in [-0.39, 0.29) is 5.41 Å². The summed E-state index contributed by atoms with van der Waals surface area (Å²) in [6, 6.07) is 55.4. The van der Waals surface area contributed by atoms with Gasteiger partial charge in [0.05, 0.1) is 16.4 Å². The van der Waals surface area contributed by atoms with Crippen LogP contribution in [0.2, 0.25) is 0 Å². The third-order valence-electron chi connectivity index (χ3n) is 11.2. The maximum atomic E-state index is 7.19. The van der Waals surface area contributed by atoms with Crippen molar-refractivity contribution in [2.24, 2.45) is 0 Å². The van der Waals surface area contributed by atoms with Crippen LogP contribution >= 0.6 is 0 Å². The van der Waals surface area contributed by atoms with Crippen LogP contribution in [0.3, 0.4) is 0 Å².